The van der Waals surface area contributed by atoms with Crippen molar-refractivity contribution in [3.05, 3.63) is 29.3 Å². The Bertz CT molecular complexity index is 286. The fourth-order valence-electron chi connectivity index (χ4n) is 1.24. The van der Waals surface area contributed by atoms with Crippen LogP contribution < -0.4 is 10.5 Å². The van der Waals surface area contributed by atoms with Gasteiger partial charge in [-0.05, 0) is 24.1 Å². The van der Waals surface area contributed by atoms with Crippen molar-refractivity contribution >= 4 is 0 Å². The SMILES string of the molecule is COc1ccc(C(N)CO)cc1C. The van der Waals surface area contributed by atoms with Gasteiger partial charge in [0.2, 0.25) is 0 Å². The van der Waals surface area contributed by atoms with Crippen LogP contribution in [0, 0.1) is 6.92 Å². The average Bonchev–Trinajstić information content (AvgIpc) is 2.16. The predicted molar refractivity (Wildman–Crippen MR) is 51.7 cm³/mol. The van der Waals surface area contributed by atoms with Crippen LogP contribution in [0.15, 0.2) is 18.2 Å². The van der Waals surface area contributed by atoms with E-state index < -0.39 is 0 Å². The molecular weight excluding hydrogens is 166 g/mol. The van der Waals surface area contributed by atoms with Crippen molar-refractivity contribution in [1.29, 1.82) is 0 Å². The Hall–Kier alpha value is -1.06. The van der Waals surface area contributed by atoms with Crippen LogP contribution in [0.25, 0.3) is 0 Å². The van der Waals surface area contributed by atoms with Gasteiger partial charge in [0.25, 0.3) is 0 Å². The van der Waals surface area contributed by atoms with Gasteiger partial charge in [-0.25, -0.2) is 0 Å². The third-order valence-electron chi connectivity index (χ3n) is 2.04. The number of ether oxygens (including phenoxy) is 1. The van der Waals surface area contributed by atoms with E-state index in [0.29, 0.717) is 0 Å². The highest BCUT2D eigenvalue weighted by atomic mass is 16.5. The molecule has 13 heavy (non-hydrogen) atoms. The summed E-state index contributed by atoms with van der Waals surface area (Å²) < 4.78 is 5.11. The average molecular weight is 181 g/mol. The number of methoxy groups -OCH3 is 1. The first kappa shape index (κ1) is 10.0. The summed E-state index contributed by atoms with van der Waals surface area (Å²) >= 11 is 0. The van der Waals surface area contributed by atoms with Crippen molar-refractivity contribution in [2.24, 2.45) is 5.73 Å². The standard InChI is InChI=1S/C10H15NO2/c1-7-5-8(9(11)6-12)3-4-10(7)13-2/h3-5,9,12H,6,11H2,1-2H3. The van der Waals surface area contributed by atoms with Crippen LogP contribution in [-0.4, -0.2) is 18.8 Å². The Morgan fingerprint density at radius 1 is 1.54 bits per heavy atom. The summed E-state index contributed by atoms with van der Waals surface area (Å²) in [6, 6.07) is 5.36. The molecule has 0 fully saturated rings. The highest BCUT2D eigenvalue weighted by molar-refractivity contribution is 5.37. The van der Waals surface area contributed by atoms with E-state index in [4.69, 9.17) is 15.6 Å². The van der Waals surface area contributed by atoms with Gasteiger partial charge in [-0.2, -0.15) is 0 Å². The monoisotopic (exact) mass is 181 g/mol. The summed E-state index contributed by atoms with van der Waals surface area (Å²) in [5.74, 6) is 0.842. The quantitative estimate of drug-likeness (QED) is 0.731. The molecule has 3 heteroatoms. The summed E-state index contributed by atoms with van der Waals surface area (Å²) in [5.41, 5.74) is 7.63. The van der Waals surface area contributed by atoms with Gasteiger partial charge >= 0.3 is 0 Å². The molecule has 0 aliphatic rings. The lowest BCUT2D eigenvalue weighted by Crippen LogP contribution is -2.14. The zero-order valence-electron chi connectivity index (χ0n) is 7.95. The van der Waals surface area contributed by atoms with Gasteiger partial charge in [-0.3, -0.25) is 0 Å². The van der Waals surface area contributed by atoms with Gasteiger partial charge in [0.05, 0.1) is 19.8 Å². The largest absolute Gasteiger partial charge is 0.496 e. The van der Waals surface area contributed by atoms with Crippen molar-refractivity contribution in [2.75, 3.05) is 13.7 Å². The molecule has 0 saturated carbocycles. The van der Waals surface area contributed by atoms with Gasteiger partial charge in [-0.1, -0.05) is 12.1 Å². The highest BCUT2D eigenvalue weighted by Gasteiger charge is 2.06. The van der Waals surface area contributed by atoms with Crippen molar-refractivity contribution in [3.8, 4) is 5.75 Å². The van der Waals surface area contributed by atoms with E-state index in [9.17, 15) is 0 Å². The molecule has 0 aromatic heterocycles. The molecule has 1 rings (SSSR count). The van der Waals surface area contributed by atoms with Crippen molar-refractivity contribution in [3.63, 3.8) is 0 Å². The lowest BCUT2D eigenvalue weighted by Gasteiger charge is -2.11. The minimum atomic E-state index is -0.301. The van der Waals surface area contributed by atoms with E-state index in [1.54, 1.807) is 7.11 Å². The number of rotatable bonds is 3. The van der Waals surface area contributed by atoms with Gasteiger partial charge in [-0.15, -0.1) is 0 Å². The highest BCUT2D eigenvalue weighted by Crippen LogP contribution is 2.21. The molecule has 72 valence electrons. The number of aliphatic hydroxyl groups excluding tert-OH is 1. The Kier molecular flexibility index (Phi) is 3.28. The molecule has 0 radical (unpaired) electrons. The van der Waals surface area contributed by atoms with E-state index in [1.165, 1.54) is 0 Å². The van der Waals surface area contributed by atoms with Crippen LogP contribution in [0.5, 0.6) is 5.75 Å². The lowest BCUT2D eigenvalue weighted by atomic mass is 10.1. The fourth-order valence-corrected chi connectivity index (χ4v) is 1.24. The third kappa shape index (κ3) is 2.20. The van der Waals surface area contributed by atoms with E-state index in [0.717, 1.165) is 16.9 Å². The number of hydrogen-bond acceptors (Lipinski definition) is 3. The number of hydrogen-bond donors (Lipinski definition) is 2. The van der Waals surface area contributed by atoms with Crippen molar-refractivity contribution in [2.45, 2.75) is 13.0 Å². The molecule has 3 N–H and O–H groups in total. The summed E-state index contributed by atoms with van der Waals surface area (Å²) in [4.78, 5) is 0. The normalized spacial score (nSPS) is 12.6. The molecule has 0 heterocycles. The zero-order chi connectivity index (χ0) is 9.84. The third-order valence-corrected chi connectivity index (χ3v) is 2.04. The molecule has 1 atom stereocenters. The topological polar surface area (TPSA) is 55.5 Å². The first-order chi connectivity index (χ1) is 6.19. The second-order valence-corrected chi connectivity index (χ2v) is 3.02. The molecule has 0 saturated heterocycles. The van der Waals surface area contributed by atoms with E-state index >= 15 is 0 Å². The smallest absolute Gasteiger partial charge is 0.121 e. The number of aliphatic hydroxyl groups is 1. The fraction of sp³-hybridized carbons (Fsp3) is 0.400. The molecule has 0 aliphatic carbocycles. The van der Waals surface area contributed by atoms with Crippen molar-refractivity contribution in [1.82, 2.24) is 0 Å². The summed E-state index contributed by atoms with van der Waals surface area (Å²) in [6.07, 6.45) is 0. The molecule has 1 unspecified atom stereocenters. The Morgan fingerprint density at radius 2 is 2.23 bits per heavy atom. The van der Waals surface area contributed by atoms with Gasteiger partial charge in [0.15, 0.2) is 0 Å². The molecule has 0 amide bonds. The van der Waals surface area contributed by atoms with Crippen LogP contribution in [0.4, 0.5) is 0 Å². The number of aryl methyl sites for hydroxylation is 1. The second kappa shape index (κ2) is 4.25. The summed E-state index contributed by atoms with van der Waals surface area (Å²) in [5, 5.41) is 8.85. The van der Waals surface area contributed by atoms with Gasteiger partial charge in [0, 0.05) is 0 Å². The molecule has 0 aliphatic heterocycles. The lowest BCUT2D eigenvalue weighted by molar-refractivity contribution is 0.268. The van der Waals surface area contributed by atoms with Crippen LogP contribution in [0.1, 0.15) is 17.2 Å². The Balaban J connectivity index is 2.95. The minimum Gasteiger partial charge on any atom is -0.496 e. The number of nitrogens with two attached hydrogens (primary N) is 1. The Morgan fingerprint density at radius 3 is 2.69 bits per heavy atom. The van der Waals surface area contributed by atoms with Gasteiger partial charge < -0.3 is 15.6 Å². The zero-order valence-corrected chi connectivity index (χ0v) is 7.95. The van der Waals surface area contributed by atoms with Crippen LogP contribution >= 0.6 is 0 Å². The van der Waals surface area contributed by atoms with Crippen LogP contribution in [-0.2, 0) is 0 Å². The molecule has 1 aromatic rings. The molecule has 0 bridgehead atoms. The predicted octanol–water partition coefficient (Wildman–Crippen LogP) is 0.996. The van der Waals surface area contributed by atoms with E-state index in [2.05, 4.69) is 0 Å². The first-order valence-corrected chi connectivity index (χ1v) is 4.20. The summed E-state index contributed by atoms with van der Waals surface area (Å²) in [7, 11) is 1.63. The maximum atomic E-state index is 8.85. The van der Waals surface area contributed by atoms with Crippen LogP contribution in [0.2, 0.25) is 0 Å². The first-order valence-electron chi connectivity index (χ1n) is 4.20. The van der Waals surface area contributed by atoms with Crippen molar-refractivity contribution < 1.29 is 9.84 Å². The maximum absolute atomic E-state index is 8.85. The minimum absolute atomic E-state index is 0.0359. The van der Waals surface area contributed by atoms with Gasteiger partial charge in [0.1, 0.15) is 5.75 Å². The molecule has 3 nitrogen and oxygen atoms in total. The van der Waals surface area contributed by atoms with Crippen LogP contribution in [0.3, 0.4) is 0 Å². The van der Waals surface area contributed by atoms with E-state index in [1.807, 2.05) is 25.1 Å². The number of benzene rings is 1. The van der Waals surface area contributed by atoms with E-state index in [-0.39, 0.29) is 12.6 Å². The molecular formula is C10H15NO2. The Labute approximate surface area is 78.1 Å². The second-order valence-electron chi connectivity index (χ2n) is 3.02. The maximum Gasteiger partial charge on any atom is 0.121 e. The summed E-state index contributed by atoms with van der Waals surface area (Å²) in [6.45, 7) is 1.91. The molecule has 0 spiro atoms. The molecule has 1 aromatic carbocycles.